The van der Waals surface area contributed by atoms with E-state index in [-0.39, 0.29) is 35.9 Å². The molecule has 1 saturated heterocycles. The van der Waals surface area contributed by atoms with Crippen LogP contribution in [0.2, 0.25) is 0 Å². The van der Waals surface area contributed by atoms with Gasteiger partial charge in [0.25, 0.3) is 0 Å². The number of anilines is 1. The van der Waals surface area contributed by atoms with E-state index in [0.29, 0.717) is 19.1 Å². The molecule has 1 aliphatic carbocycles. The third-order valence-corrected chi connectivity index (χ3v) is 4.11. The number of methoxy groups -OCH3 is 1. The van der Waals surface area contributed by atoms with E-state index in [9.17, 15) is 0 Å². The van der Waals surface area contributed by atoms with Crippen LogP contribution in [-0.4, -0.2) is 38.1 Å². The molecule has 3 rings (SSSR count). The van der Waals surface area contributed by atoms with E-state index in [4.69, 9.17) is 19.9 Å². The normalized spacial score (nSPS) is 22.8. The number of halogens is 1. The number of guanidine groups is 1. The molecule has 1 aromatic carbocycles. The quantitative estimate of drug-likeness (QED) is 0.434. The van der Waals surface area contributed by atoms with Crippen molar-refractivity contribution in [2.24, 2.45) is 10.7 Å². The van der Waals surface area contributed by atoms with Crippen molar-refractivity contribution in [3.8, 4) is 5.75 Å². The highest BCUT2D eigenvalue weighted by Gasteiger charge is 2.43. The standard InChI is InChI=1S/C16H23N3O3.HI/c1-20-13-6-4-12(5-7-13)19-15(17)18-10-14-11-21-16(22-14)8-2-3-9-16;/h4-7,14H,2-3,8-11H2,1H3,(H3,17,18,19);1H. The number of nitrogens with two attached hydrogens (primary N) is 1. The molecular weight excluding hydrogens is 409 g/mol. The maximum Gasteiger partial charge on any atom is 0.193 e. The number of rotatable bonds is 4. The smallest absolute Gasteiger partial charge is 0.193 e. The molecule has 3 N–H and O–H groups in total. The molecule has 1 unspecified atom stereocenters. The van der Waals surface area contributed by atoms with Crippen molar-refractivity contribution < 1.29 is 14.2 Å². The Balaban J connectivity index is 0.00000192. The molecule has 0 aromatic heterocycles. The van der Waals surface area contributed by atoms with Crippen LogP contribution >= 0.6 is 24.0 Å². The fourth-order valence-corrected chi connectivity index (χ4v) is 2.94. The number of ether oxygens (including phenoxy) is 3. The molecule has 1 aromatic rings. The highest BCUT2D eigenvalue weighted by Crippen LogP contribution is 2.39. The Bertz CT molecular complexity index is 530. The maximum atomic E-state index is 6.01. The third-order valence-electron chi connectivity index (χ3n) is 4.11. The molecule has 2 fully saturated rings. The first-order valence-electron chi connectivity index (χ1n) is 7.72. The van der Waals surface area contributed by atoms with Crippen LogP contribution < -0.4 is 15.8 Å². The fourth-order valence-electron chi connectivity index (χ4n) is 2.94. The Kier molecular flexibility index (Phi) is 6.49. The van der Waals surface area contributed by atoms with E-state index in [0.717, 1.165) is 24.3 Å². The molecule has 2 aliphatic rings. The largest absolute Gasteiger partial charge is 0.497 e. The lowest BCUT2D eigenvalue weighted by Crippen LogP contribution is -2.28. The van der Waals surface area contributed by atoms with Gasteiger partial charge in [-0.2, -0.15) is 0 Å². The van der Waals surface area contributed by atoms with Crippen LogP contribution in [-0.2, 0) is 9.47 Å². The molecule has 0 bridgehead atoms. The molecule has 1 spiro atoms. The summed E-state index contributed by atoms with van der Waals surface area (Å²) in [6, 6.07) is 7.52. The summed E-state index contributed by atoms with van der Waals surface area (Å²) in [6.07, 6.45) is 4.34. The predicted octanol–water partition coefficient (Wildman–Crippen LogP) is 2.73. The predicted molar refractivity (Wildman–Crippen MR) is 101 cm³/mol. The van der Waals surface area contributed by atoms with E-state index in [1.807, 2.05) is 24.3 Å². The van der Waals surface area contributed by atoms with E-state index in [1.54, 1.807) is 7.11 Å². The van der Waals surface area contributed by atoms with Crippen molar-refractivity contribution in [1.29, 1.82) is 0 Å². The van der Waals surface area contributed by atoms with Crippen molar-refractivity contribution in [2.75, 3.05) is 25.6 Å². The second-order valence-corrected chi connectivity index (χ2v) is 5.75. The molecule has 1 atom stereocenters. The Morgan fingerprint density at radius 3 is 2.70 bits per heavy atom. The Labute approximate surface area is 153 Å². The lowest BCUT2D eigenvalue weighted by atomic mass is 10.2. The molecule has 1 saturated carbocycles. The highest BCUT2D eigenvalue weighted by atomic mass is 127. The lowest BCUT2D eigenvalue weighted by Gasteiger charge is -2.21. The Morgan fingerprint density at radius 2 is 2.04 bits per heavy atom. The zero-order valence-corrected chi connectivity index (χ0v) is 15.6. The average Bonchev–Trinajstić information content (AvgIpc) is 3.16. The van der Waals surface area contributed by atoms with Crippen molar-refractivity contribution in [3.05, 3.63) is 24.3 Å². The van der Waals surface area contributed by atoms with Crippen molar-refractivity contribution in [3.63, 3.8) is 0 Å². The van der Waals surface area contributed by atoms with Gasteiger partial charge in [-0.25, -0.2) is 0 Å². The molecule has 0 radical (unpaired) electrons. The Hall–Kier alpha value is -1.06. The monoisotopic (exact) mass is 433 g/mol. The summed E-state index contributed by atoms with van der Waals surface area (Å²) in [5.74, 6) is 0.846. The summed E-state index contributed by atoms with van der Waals surface area (Å²) in [5.41, 5.74) is 6.78. The van der Waals surface area contributed by atoms with Gasteiger partial charge in [0.15, 0.2) is 11.7 Å². The fraction of sp³-hybridized carbons (Fsp3) is 0.562. The van der Waals surface area contributed by atoms with Gasteiger partial charge in [0.2, 0.25) is 0 Å². The Morgan fingerprint density at radius 1 is 1.35 bits per heavy atom. The van der Waals surface area contributed by atoms with Gasteiger partial charge in [0.1, 0.15) is 11.9 Å². The van der Waals surface area contributed by atoms with Crippen LogP contribution in [0.1, 0.15) is 25.7 Å². The van der Waals surface area contributed by atoms with Crippen molar-refractivity contribution in [1.82, 2.24) is 0 Å². The number of hydrogen-bond donors (Lipinski definition) is 2. The molecule has 0 amide bonds. The summed E-state index contributed by atoms with van der Waals surface area (Å²) in [4.78, 5) is 4.35. The van der Waals surface area contributed by atoms with E-state index in [1.165, 1.54) is 12.8 Å². The molecule has 23 heavy (non-hydrogen) atoms. The summed E-state index contributed by atoms with van der Waals surface area (Å²) in [7, 11) is 1.64. The molecule has 1 heterocycles. The van der Waals surface area contributed by atoms with Gasteiger partial charge in [-0.1, -0.05) is 0 Å². The molecule has 6 nitrogen and oxygen atoms in total. The number of hydrogen-bond acceptors (Lipinski definition) is 4. The van der Waals surface area contributed by atoms with Crippen LogP contribution in [0.5, 0.6) is 5.75 Å². The first-order chi connectivity index (χ1) is 10.7. The van der Waals surface area contributed by atoms with Gasteiger partial charge in [0, 0.05) is 18.5 Å². The average molecular weight is 433 g/mol. The highest BCUT2D eigenvalue weighted by molar-refractivity contribution is 14.0. The SMILES string of the molecule is COc1ccc(NC(N)=NCC2COC3(CCCC3)O2)cc1.I. The molecule has 7 heteroatoms. The first-order valence-corrected chi connectivity index (χ1v) is 7.72. The van der Waals surface area contributed by atoms with Gasteiger partial charge >= 0.3 is 0 Å². The summed E-state index contributed by atoms with van der Waals surface area (Å²) in [6.45, 7) is 1.11. The van der Waals surface area contributed by atoms with Gasteiger partial charge in [-0.05, 0) is 37.1 Å². The number of nitrogens with zero attached hydrogens (tertiary/aromatic N) is 1. The van der Waals surface area contributed by atoms with E-state index in [2.05, 4.69) is 10.3 Å². The van der Waals surface area contributed by atoms with E-state index < -0.39 is 0 Å². The minimum Gasteiger partial charge on any atom is -0.497 e. The number of aliphatic imine (C=N–C) groups is 1. The van der Waals surface area contributed by atoms with Crippen LogP contribution in [0.3, 0.4) is 0 Å². The molecular formula is C16H24IN3O3. The summed E-state index contributed by atoms with van der Waals surface area (Å²) < 4.78 is 17.0. The van der Waals surface area contributed by atoms with Crippen molar-refractivity contribution >= 4 is 35.6 Å². The first kappa shape index (κ1) is 18.3. The van der Waals surface area contributed by atoms with Crippen LogP contribution in [0.15, 0.2) is 29.3 Å². The number of nitrogens with one attached hydrogen (secondary N) is 1. The van der Waals surface area contributed by atoms with Crippen LogP contribution in [0.4, 0.5) is 5.69 Å². The minimum atomic E-state index is -0.335. The van der Waals surface area contributed by atoms with Gasteiger partial charge in [-0.3, -0.25) is 4.99 Å². The number of benzene rings is 1. The van der Waals surface area contributed by atoms with Gasteiger partial charge in [-0.15, -0.1) is 24.0 Å². The second kappa shape index (κ2) is 8.16. The molecule has 128 valence electrons. The van der Waals surface area contributed by atoms with Gasteiger partial charge < -0.3 is 25.3 Å². The van der Waals surface area contributed by atoms with E-state index >= 15 is 0 Å². The van der Waals surface area contributed by atoms with Crippen molar-refractivity contribution in [2.45, 2.75) is 37.6 Å². The summed E-state index contributed by atoms with van der Waals surface area (Å²) >= 11 is 0. The van der Waals surface area contributed by atoms with Crippen LogP contribution in [0, 0.1) is 0 Å². The second-order valence-electron chi connectivity index (χ2n) is 5.75. The topological polar surface area (TPSA) is 78.1 Å². The third kappa shape index (κ3) is 4.71. The minimum absolute atomic E-state index is 0. The summed E-state index contributed by atoms with van der Waals surface area (Å²) in [5, 5.41) is 3.05. The molecule has 1 aliphatic heterocycles. The van der Waals surface area contributed by atoms with Gasteiger partial charge in [0.05, 0.1) is 20.3 Å². The zero-order valence-electron chi connectivity index (χ0n) is 13.3. The van der Waals surface area contributed by atoms with Crippen LogP contribution in [0.25, 0.3) is 0 Å². The lowest BCUT2D eigenvalue weighted by molar-refractivity contribution is -0.160. The maximum absolute atomic E-state index is 6.01. The zero-order chi connectivity index (χ0) is 15.4.